The minimum Gasteiger partial charge on any atom is -0.0625 e. The maximum atomic E-state index is 2.51. The predicted molar refractivity (Wildman–Crippen MR) is 78.1 cm³/mol. The third-order valence-corrected chi connectivity index (χ3v) is 5.57. The predicted octanol–water partition coefficient (Wildman–Crippen LogP) is 5.77. The Bertz CT molecular complexity index is 206. The summed E-state index contributed by atoms with van der Waals surface area (Å²) in [5.74, 6) is 5.56. The summed E-state index contributed by atoms with van der Waals surface area (Å²) in [6.45, 7) is 14.6. The molecule has 1 saturated carbocycles. The molecule has 17 heavy (non-hydrogen) atoms. The van der Waals surface area contributed by atoms with Crippen molar-refractivity contribution < 1.29 is 0 Å². The molecule has 0 spiro atoms. The van der Waals surface area contributed by atoms with E-state index in [1.807, 2.05) is 0 Å². The molecule has 1 aliphatic carbocycles. The van der Waals surface area contributed by atoms with Crippen LogP contribution >= 0.6 is 0 Å². The summed E-state index contributed by atoms with van der Waals surface area (Å²) in [5, 5.41) is 0. The van der Waals surface area contributed by atoms with Gasteiger partial charge in [0.05, 0.1) is 0 Å². The van der Waals surface area contributed by atoms with Gasteiger partial charge in [0.1, 0.15) is 0 Å². The van der Waals surface area contributed by atoms with Crippen molar-refractivity contribution in [1.82, 2.24) is 0 Å². The molecule has 0 heteroatoms. The zero-order valence-corrected chi connectivity index (χ0v) is 13.0. The standard InChI is InChI=1S/C17H34/c1-12(2)14(4)10-16(6)17-9-7-8-13(3)15(5)11-17/h12-17H,7-11H2,1-6H3. The third-order valence-electron chi connectivity index (χ3n) is 5.57. The van der Waals surface area contributed by atoms with E-state index in [0.717, 1.165) is 35.5 Å². The normalized spacial score (nSPS) is 34.4. The zero-order chi connectivity index (χ0) is 13.0. The summed E-state index contributed by atoms with van der Waals surface area (Å²) in [5.41, 5.74) is 0. The van der Waals surface area contributed by atoms with Crippen LogP contribution in [0, 0.1) is 35.5 Å². The Morgan fingerprint density at radius 3 is 2.18 bits per heavy atom. The molecule has 0 heterocycles. The van der Waals surface area contributed by atoms with E-state index < -0.39 is 0 Å². The van der Waals surface area contributed by atoms with Crippen molar-refractivity contribution in [3.05, 3.63) is 0 Å². The van der Waals surface area contributed by atoms with E-state index in [-0.39, 0.29) is 0 Å². The van der Waals surface area contributed by atoms with Gasteiger partial charge in [-0.2, -0.15) is 0 Å². The molecule has 0 aromatic rings. The Morgan fingerprint density at radius 2 is 1.59 bits per heavy atom. The first-order valence-electron chi connectivity index (χ1n) is 7.91. The van der Waals surface area contributed by atoms with Gasteiger partial charge in [-0.1, -0.05) is 60.8 Å². The Labute approximate surface area is 110 Å². The molecule has 102 valence electrons. The molecule has 0 aliphatic heterocycles. The summed E-state index contributed by atoms with van der Waals surface area (Å²) in [4.78, 5) is 0. The molecule has 5 atom stereocenters. The summed E-state index contributed by atoms with van der Waals surface area (Å²) in [7, 11) is 0. The van der Waals surface area contributed by atoms with Gasteiger partial charge in [0.2, 0.25) is 0 Å². The van der Waals surface area contributed by atoms with Crippen LogP contribution in [0.25, 0.3) is 0 Å². The van der Waals surface area contributed by atoms with Crippen LogP contribution in [0.2, 0.25) is 0 Å². The lowest BCUT2D eigenvalue weighted by Gasteiger charge is -2.28. The first-order chi connectivity index (χ1) is 7.91. The van der Waals surface area contributed by atoms with Crippen molar-refractivity contribution in [2.24, 2.45) is 35.5 Å². The number of rotatable bonds is 4. The maximum absolute atomic E-state index is 2.51. The van der Waals surface area contributed by atoms with Crippen LogP contribution in [0.3, 0.4) is 0 Å². The molecule has 1 rings (SSSR count). The molecule has 5 unspecified atom stereocenters. The quantitative estimate of drug-likeness (QED) is 0.546. The first-order valence-corrected chi connectivity index (χ1v) is 7.91. The molecule has 0 bridgehead atoms. The SMILES string of the molecule is CC(C)C(C)CC(C)C1CCCC(C)C(C)C1. The highest BCUT2D eigenvalue weighted by Gasteiger charge is 2.27. The lowest BCUT2D eigenvalue weighted by Crippen LogP contribution is -2.19. The molecule has 0 aromatic carbocycles. The van der Waals surface area contributed by atoms with Crippen LogP contribution in [-0.4, -0.2) is 0 Å². The van der Waals surface area contributed by atoms with E-state index >= 15 is 0 Å². The monoisotopic (exact) mass is 238 g/mol. The second-order valence-corrected chi connectivity index (χ2v) is 7.32. The summed E-state index contributed by atoms with van der Waals surface area (Å²) in [6, 6.07) is 0. The molecule has 0 aromatic heterocycles. The Balaban J connectivity index is 2.47. The summed E-state index contributed by atoms with van der Waals surface area (Å²) in [6.07, 6.45) is 7.33. The van der Waals surface area contributed by atoms with Gasteiger partial charge >= 0.3 is 0 Å². The maximum Gasteiger partial charge on any atom is -0.0386 e. The van der Waals surface area contributed by atoms with E-state index in [1.165, 1.54) is 32.1 Å². The Hall–Kier alpha value is 0. The average molecular weight is 238 g/mol. The van der Waals surface area contributed by atoms with Crippen molar-refractivity contribution in [3.8, 4) is 0 Å². The van der Waals surface area contributed by atoms with Gasteiger partial charge in [0, 0.05) is 0 Å². The highest BCUT2D eigenvalue weighted by atomic mass is 14.3. The van der Waals surface area contributed by atoms with Crippen LogP contribution < -0.4 is 0 Å². The molecule has 1 fully saturated rings. The smallest absolute Gasteiger partial charge is 0.0386 e. The molecule has 0 N–H and O–H groups in total. The fraction of sp³-hybridized carbons (Fsp3) is 1.00. The minimum absolute atomic E-state index is 0.847. The van der Waals surface area contributed by atoms with Gasteiger partial charge in [-0.05, 0) is 48.3 Å². The van der Waals surface area contributed by atoms with Crippen LogP contribution in [-0.2, 0) is 0 Å². The molecular weight excluding hydrogens is 204 g/mol. The highest BCUT2D eigenvalue weighted by Crippen LogP contribution is 2.37. The molecule has 0 amide bonds. The fourth-order valence-electron chi connectivity index (χ4n) is 3.38. The van der Waals surface area contributed by atoms with E-state index in [9.17, 15) is 0 Å². The third kappa shape index (κ3) is 4.64. The first kappa shape index (κ1) is 15.1. The summed E-state index contributed by atoms with van der Waals surface area (Å²) < 4.78 is 0. The fourth-order valence-corrected chi connectivity index (χ4v) is 3.38. The molecule has 1 aliphatic rings. The van der Waals surface area contributed by atoms with Crippen LogP contribution in [0.4, 0.5) is 0 Å². The largest absolute Gasteiger partial charge is 0.0625 e. The van der Waals surface area contributed by atoms with Gasteiger partial charge < -0.3 is 0 Å². The Kier molecular flexibility index (Phi) is 6.03. The number of hydrogen-bond acceptors (Lipinski definition) is 0. The van der Waals surface area contributed by atoms with Gasteiger partial charge in [0.25, 0.3) is 0 Å². The Morgan fingerprint density at radius 1 is 0.941 bits per heavy atom. The van der Waals surface area contributed by atoms with Crippen molar-refractivity contribution in [2.45, 2.75) is 73.6 Å². The second-order valence-electron chi connectivity index (χ2n) is 7.32. The van der Waals surface area contributed by atoms with Crippen molar-refractivity contribution in [1.29, 1.82) is 0 Å². The van der Waals surface area contributed by atoms with E-state index in [4.69, 9.17) is 0 Å². The van der Waals surface area contributed by atoms with E-state index in [1.54, 1.807) is 0 Å². The van der Waals surface area contributed by atoms with Crippen LogP contribution in [0.1, 0.15) is 73.6 Å². The van der Waals surface area contributed by atoms with Gasteiger partial charge in [-0.25, -0.2) is 0 Å². The van der Waals surface area contributed by atoms with Crippen LogP contribution in [0.5, 0.6) is 0 Å². The molecular formula is C17H34. The second kappa shape index (κ2) is 6.81. The molecule has 0 nitrogen and oxygen atoms in total. The van der Waals surface area contributed by atoms with Crippen molar-refractivity contribution in [2.75, 3.05) is 0 Å². The average Bonchev–Trinajstić information content (AvgIpc) is 2.41. The lowest BCUT2D eigenvalue weighted by atomic mass is 9.77. The lowest BCUT2D eigenvalue weighted by molar-refractivity contribution is 0.219. The van der Waals surface area contributed by atoms with Gasteiger partial charge in [-0.3, -0.25) is 0 Å². The van der Waals surface area contributed by atoms with Gasteiger partial charge in [0.15, 0.2) is 0 Å². The molecule has 0 radical (unpaired) electrons. The minimum atomic E-state index is 0.847. The van der Waals surface area contributed by atoms with Crippen LogP contribution in [0.15, 0.2) is 0 Å². The molecule has 0 saturated heterocycles. The number of hydrogen-bond donors (Lipinski definition) is 0. The van der Waals surface area contributed by atoms with E-state index in [0.29, 0.717) is 0 Å². The van der Waals surface area contributed by atoms with Crippen molar-refractivity contribution in [3.63, 3.8) is 0 Å². The topological polar surface area (TPSA) is 0 Å². The van der Waals surface area contributed by atoms with Gasteiger partial charge in [-0.15, -0.1) is 0 Å². The highest BCUT2D eigenvalue weighted by molar-refractivity contribution is 4.77. The summed E-state index contributed by atoms with van der Waals surface area (Å²) >= 11 is 0. The zero-order valence-electron chi connectivity index (χ0n) is 13.0. The van der Waals surface area contributed by atoms with E-state index in [2.05, 4.69) is 41.5 Å². The van der Waals surface area contributed by atoms with Crippen molar-refractivity contribution >= 4 is 0 Å².